The van der Waals surface area contributed by atoms with E-state index in [2.05, 4.69) is 113 Å². The van der Waals surface area contributed by atoms with Gasteiger partial charge in [0.15, 0.2) is 0 Å². The first-order valence-corrected chi connectivity index (χ1v) is 10.8. The van der Waals surface area contributed by atoms with Gasteiger partial charge in [-0.2, -0.15) is 0 Å². The lowest BCUT2D eigenvalue weighted by atomic mass is 9.81. The maximum atomic E-state index is 3.91. The fourth-order valence-corrected chi connectivity index (χ4v) is 5.69. The van der Waals surface area contributed by atoms with Crippen molar-refractivity contribution in [2.75, 3.05) is 0 Å². The van der Waals surface area contributed by atoms with Crippen LogP contribution in [0.1, 0.15) is 29.5 Å². The highest BCUT2D eigenvalue weighted by molar-refractivity contribution is 9.10. The highest BCUT2D eigenvalue weighted by atomic mass is 79.9. The summed E-state index contributed by atoms with van der Waals surface area (Å²) in [6.45, 7) is 4.54. The topological polar surface area (TPSA) is 4.93 Å². The Balaban J connectivity index is 1.64. The lowest BCUT2D eigenvalue weighted by molar-refractivity contribution is 0.973. The van der Waals surface area contributed by atoms with Crippen molar-refractivity contribution in [3.05, 3.63) is 104 Å². The predicted octanol–water partition coefficient (Wildman–Crippen LogP) is 5.80. The zero-order chi connectivity index (χ0) is 19.7. The number of hydrogen-bond donors (Lipinski definition) is 0. The third-order valence-corrected chi connectivity index (χ3v) is 7.21. The summed E-state index contributed by atoms with van der Waals surface area (Å²) in [5, 5.41) is 2.74. The number of benzene rings is 2. The average Bonchev–Trinajstić information content (AvgIpc) is 3.24. The van der Waals surface area contributed by atoms with Crippen LogP contribution in [-0.2, 0) is 0 Å². The van der Waals surface area contributed by atoms with Crippen molar-refractivity contribution in [3.63, 3.8) is 0 Å². The molecule has 2 aromatic rings. The van der Waals surface area contributed by atoms with Crippen LogP contribution in [0.4, 0.5) is 0 Å². The van der Waals surface area contributed by atoms with Gasteiger partial charge in [0, 0.05) is 34.0 Å². The van der Waals surface area contributed by atoms with Crippen LogP contribution in [0.15, 0.2) is 77.0 Å². The van der Waals surface area contributed by atoms with Crippen LogP contribution in [0, 0.1) is 6.92 Å². The highest BCUT2D eigenvalue weighted by Crippen LogP contribution is 2.51. The minimum absolute atomic E-state index is 0.352. The Kier molecular flexibility index (Phi) is 3.57. The molecule has 1 atom stereocenters. The summed E-state index contributed by atoms with van der Waals surface area (Å²) in [6.07, 6.45) is 9.17. The Morgan fingerprint density at radius 3 is 2.59 bits per heavy atom. The van der Waals surface area contributed by atoms with Crippen LogP contribution in [0.3, 0.4) is 0 Å². The standard InChI is InChI=1S/C27H20BrN/c1-16-8-9-18-13-19-14-23-26(17(2)25(19)22(18)12-16)24-15-29(11-10-21(24)27(23)28)20-6-4-3-5-7-20/h3-15,17H,1-2H3. The highest BCUT2D eigenvalue weighted by Gasteiger charge is 2.32. The smallest absolute Gasteiger partial charge is 0.0449 e. The number of hydrogen-bond acceptors (Lipinski definition) is 0. The van der Waals surface area contributed by atoms with Crippen molar-refractivity contribution in [1.82, 2.24) is 4.57 Å². The molecule has 0 fully saturated rings. The number of nitrogens with zero attached hydrogens (tertiary/aromatic N) is 1. The van der Waals surface area contributed by atoms with Gasteiger partial charge in [-0.1, -0.05) is 48.9 Å². The van der Waals surface area contributed by atoms with E-state index >= 15 is 0 Å². The zero-order valence-electron chi connectivity index (χ0n) is 16.4. The van der Waals surface area contributed by atoms with Gasteiger partial charge in [-0.3, -0.25) is 0 Å². The lowest BCUT2D eigenvalue weighted by Gasteiger charge is -2.23. The average molecular weight is 438 g/mol. The number of allylic oxidation sites excluding steroid dienone is 1. The molecule has 1 nitrogen and oxygen atoms in total. The van der Waals surface area contributed by atoms with Crippen LogP contribution in [0.5, 0.6) is 0 Å². The first-order chi connectivity index (χ1) is 14.1. The SMILES string of the molecule is Cc1ccc2c(c1)=C1C(=Cc3c(Br)c4ccn(-c5ccccc5)cc-4c3C1C)C=2. The van der Waals surface area contributed by atoms with Crippen LogP contribution in [0.25, 0.3) is 34.5 Å². The van der Waals surface area contributed by atoms with Crippen molar-refractivity contribution in [3.8, 4) is 16.8 Å². The Bertz CT molecular complexity index is 1420. The summed E-state index contributed by atoms with van der Waals surface area (Å²) in [7, 11) is 0. The first kappa shape index (κ1) is 17.1. The molecule has 6 rings (SSSR count). The van der Waals surface area contributed by atoms with E-state index in [4.69, 9.17) is 0 Å². The van der Waals surface area contributed by atoms with E-state index in [0.29, 0.717) is 5.92 Å². The van der Waals surface area contributed by atoms with Gasteiger partial charge in [-0.05, 0) is 91.5 Å². The molecule has 0 saturated heterocycles. The van der Waals surface area contributed by atoms with Crippen molar-refractivity contribution < 1.29 is 0 Å². The Hall–Kier alpha value is -2.84. The number of aromatic nitrogens is 1. The van der Waals surface area contributed by atoms with E-state index in [1.54, 1.807) is 0 Å². The van der Waals surface area contributed by atoms with Crippen molar-refractivity contribution >= 4 is 33.7 Å². The fraction of sp³-hybridized carbons (Fsp3) is 0.111. The van der Waals surface area contributed by atoms with Crippen molar-refractivity contribution in [2.24, 2.45) is 0 Å². The zero-order valence-corrected chi connectivity index (χ0v) is 18.0. The molecule has 4 aliphatic rings. The molecule has 0 bridgehead atoms. The van der Waals surface area contributed by atoms with Gasteiger partial charge in [0.2, 0.25) is 0 Å². The Morgan fingerprint density at radius 2 is 1.76 bits per heavy atom. The third kappa shape index (κ3) is 2.39. The number of halogens is 1. The monoisotopic (exact) mass is 437 g/mol. The molecular weight excluding hydrogens is 418 g/mol. The quantitative estimate of drug-likeness (QED) is 0.354. The van der Waals surface area contributed by atoms with Crippen LogP contribution in [0.2, 0.25) is 0 Å². The molecule has 29 heavy (non-hydrogen) atoms. The molecule has 0 radical (unpaired) electrons. The van der Waals surface area contributed by atoms with Crippen molar-refractivity contribution in [1.29, 1.82) is 0 Å². The number of fused-ring (bicyclic) bond motifs is 5. The molecule has 0 aromatic heterocycles. The summed E-state index contributed by atoms with van der Waals surface area (Å²) in [6, 6.07) is 19.6. The molecule has 1 aliphatic heterocycles. The maximum absolute atomic E-state index is 3.91. The summed E-state index contributed by atoms with van der Waals surface area (Å²) in [5.74, 6) is 0.352. The van der Waals surface area contributed by atoms with E-state index in [9.17, 15) is 0 Å². The maximum Gasteiger partial charge on any atom is 0.0449 e. The van der Waals surface area contributed by atoms with E-state index in [1.807, 2.05) is 0 Å². The van der Waals surface area contributed by atoms with E-state index in [1.165, 1.54) is 59.6 Å². The minimum Gasteiger partial charge on any atom is -0.323 e. The van der Waals surface area contributed by atoms with E-state index in [-0.39, 0.29) is 0 Å². The molecule has 0 saturated carbocycles. The summed E-state index contributed by atoms with van der Waals surface area (Å²) < 4.78 is 3.44. The van der Waals surface area contributed by atoms with E-state index < -0.39 is 0 Å². The molecule has 0 spiro atoms. The third-order valence-electron chi connectivity index (χ3n) is 6.35. The number of pyridine rings is 1. The number of para-hydroxylation sites is 1. The Morgan fingerprint density at radius 1 is 0.931 bits per heavy atom. The van der Waals surface area contributed by atoms with Crippen LogP contribution in [-0.4, -0.2) is 4.57 Å². The second kappa shape index (κ2) is 6.08. The molecular formula is C27H20BrN. The van der Waals surface area contributed by atoms with Gasteiger partial charge >= 0.3 is 0 Å². The van der Waals surface area contributed by atoms with Crippen LogP contribution < -0.4 is 10.4 Å². The van der Waals surface area contributed by atoms with Gasteiger partial charge in [0.05, 0.1) is 0 Å². The first-order valence-electron chi connectivity index (χ1n) is 10.0. The molecule has 140 valence electrons. The normalized spacial score (nSPS) is 16.9. The van der Waals surface area contributed by atoms with Gasteiger partial charge < -0.3 is 4.57 Å². The van der Waals surface area contributed by atoms with Gasteiger partial charge in [-0.25, -0.2) is 0 Å². The number of rotatable bonds is 1. The Labute approximate surface area is 178 Å². The second-order valence-electron chi connectivity index (χ2n) is 8.13. The predicted molar refractivity (Wildman–Crippen MR) is 125 cm³/mol. The second-order valence-corrected chi connectivity index (χ2v) is 8.92. The van der Waals surface area contributed by atoms with Gasteiger partial charge in [0.1, 0.15) is 0 Å². The molecule has 0 amide bonds. The van der Waals surface area contributed by atoms with E-state index in [0.717, 1.165) is 0 Å². The van der Waals surface area contributed by atoms with Gasteiger partial charge in [0.25, 0.3) is 0 Å². The minimum atomic E-state index is 0.352. The molecule has 2 heteroatoms. The lowest BCUT2D eigenvalue weighted by Crippen LogP contribution is -2.24. The largest absolute Gasteiger partial charge is 0.323 e. The fourth-order valence-electron chi connectivity index (χ4n) is 5.01. The number of aryl methyl sites for hydroxylation is 1. The molecule has 2 aromatic carbocycles. The summed E-state index contributed by atoms with van der Waals surface area (Å²) >= 11 is 3.91. The summed E-state index contributed by atoms with van der Waals surface area (Å²) in [4.78, 5) is 0. The molecule has 3 aliphatic carbocycles. The van der Waals surface area contributed by atoms with Crippen molar-refractivity contribution in [2.45, 2.75) is 19.8 Å². The summed E-state index contributed by atoms with van der Waals surface area (Å²) in [5.41, 5.74) is 10.7. The molecule has 0 N–H and O–H groups in total. The molecule has 1 unspecified atom stereocenters. The molecule has 1 heterocycles. The van der Waals surface area contributed by atoms with Gasteiger partial charge in [-0.15, -0.1) is 0 Å². The van der Waals surface area contributed by atoms with Crippen LogP contribution >= 0.6 is 15.9 Å².